The van der Waals surface area contributed by atoms with E-state index in [1.165, 1.54) is 26.2 Å². The van der Waals surface area contributed by atoms with Gasteiger partial charge in [0.05, 0.1) is 0 Å². The molecule has 17 heavy (non-hydrogen) atoms. The lowest BCUT2D eigenvalue weighted by Gasteiger charge is -2.17. The summed E-state index contributed by atoms with van der Waals surface area (Å²) in [7, 11) is 4.53. The summed E-state index contributed by atoms with van der Waals surface area (Å²) in [4.78, 5) is 13.3. The summed E-state index contributed by atoms with van der Waals surface area (Å²) in [6, 6.07) is 8.09. The van der Waals surface area contributed by atoms with Crippen LogP contribution in [0.1, 0.15) is 5.56 Å². The number of anilines is 1. The van der Waals surface area contributed by atoms with Crippen molar-refractivity contribution in [3.8, 4) is 0 Å². The van der Waals surface area contributed by atoms with E-state index in [9.17, 15) is 4.79 Å². The highest BCUT2D eigenvalue weighted by atomic mass is 79.9. The summed E-state index contributed by atoms with van der Waals surface area (Å²) < 4.78 is 0.997. The zero-order valence-electron chi connectivity index (χ0n) is 8.94. The molecular weight excluding hydrogens is 342 g/mol. The normalized spacial score (nSPS) is 10.5. The van der Waals surface area contributed by atoms with E-state index in [0.29, 0.717) is 5.02 Å². The van der Waals surface area contributed by atoms with Crippen LogP contribution in [0.5, 0.6) is 0 Å². The number of rotatable bonds is 3. The fourth-order valence-corrected chi connectivity index (χ4v) is 4.41. The van der Waals surface area contributed by atoms with Crippen LogP contribution in [-0.2, 0) is 6.54 Å². The number of halogens is 2. The van der Waals surface area contributed by atoms with Gasteiger partial charge in [-0.25, -0.2) is 0 Å². The van der Waals surface area contributed by atoms with Gasteiger partial charge >= 0.3 is 0 Å². The molecule has 0 radical (unpaired) electrons. The van der Waals surface area contributed by atoms with Crippen LogP contribution in [0.4, 0.5) is 5.00 Å². The van der Waals surface area contributed by atoms with Crippen LogP contribution in [0, 0.1) is 0 Å². The number of nitrogens with zero attached hydrogens (tertiary/aromatic N) is 1. The Morgan fingerprint density at radius 2 is 1.94 bits per heavy atom. The Morgan fingerprint density at radius 1 is 1.29 bits per heavy atom. The van der Waals surface area contributed by atoms with Crippen LogP contribution < -0.4 is 9.64 Å². The van der Waals surface area contributed by atoms with Gasteiger partial charge in [-0.3, -0.25) is 4.79 Å². The predicted octanol–water partition coefficient (Wildman–Crippen LogP) is 4.22. The summed E-state index contributed by atoms with van der Waals surface area (Å²) >= 11 is 9.35. The van der Waals surface area contributed by atoms with E-state index in [1.54, 1.807) is 0 Å². The van der Waals surface area contributed by atoms with Crippen molar-refractivity contribution in [3.63, 3.8) is 0 Å². The Kier molecular flexibility index (Phi) is 4.25. The lowest BCUT2D eigenvalue weighted by molar-refractivity contribution is 0.934. The van der Waals surface area contributed by atoms with E-state index >= 15 is 0 Å². The van der Waals surface area contributed by atoms with E-state index in [-0.39, 0.29) is 4.74 Å². The first-order valence-electron chi connectivity index (χ1n) is 4.82. The van der Waals surface area contributed by atoms with Crippen molar-refractivity contribution in [1.82, 2.24) is 0 Å². The van der Waals surface area contributed by atoms with Gasteiger partial charge in [0.1, 0.15) is 10.0 Å². The third kappa shape index (κ3) is 3.10. The van der Waals surface area contributed by atoms with Crippen molar-refractivity contribution in [1.29, 1.82) is 0 Å². The van der Waals surface area contributed by atoms with Gasteiger partial charge in [0.15, 0.2) is 0 Å². The molecule has 0 aliphatic heterocycles. The molecule has 1 aromatic heterocycles. The standard InChI is InChI=1S/C11H9BrClNOS2/c1-14(10-9(13)11(15)17-16-10)6-7-2-4-8(12)5-3-7/h2-5H,6H2,1H3. The fraction of sp³-hybridized carbons (Fsp3) is 0.182. The molecule has 0 saturated heterocycles. The van der Waals surface area contributed by atoms with Crippen molar-refractivity contribution >= 4 is 53.2 Å². The number of hydrogen-bond donors (Lipinski definition) is 0. The third-order valence-electron chi connectivity index (χ3n) is 2.24. The molecule has 0 bridgehead atoms. The van der Waals surface area contributed by atoms with Gasteiger partial charge in [0.2, 0.25) is 0 Å². The molecule has 0 amide bonds. The van der Waals surface area contributed by atoms with Crippen LogP contribution in [0.25, 0.3) is 0 Å². The Hall–Kier alpha value is -0.360. The summed E-state index contributed by atoms with van der Waals surface area (Å²) in [5, 5.41) is 1.17. The molecule has 0 atom stereocenters. The SMILES string of the molecule is CN(Cc1ccc(Br)cc1)c1ssc(=O)c1Cl. The molecule has 0 fully saturated rings. The molecule has 1 heterocycles. The average molecular weight is 351 g/mol. The van der Waals surface area contributed by atoms with Gasteiger partial charge in [-0.15, -0.1) is 0 Å². The minimum atomic E-state index is -0.0608. The molecule has 0 saturated carbocycles. The van der Waals surface area contributed by atoms with Crippen LogP contribution in [0.15, 0.2) is 33.5 Å². The third-order valence-corrected chi connectivity index (χ3v) is 5.64. The second-order valence-electron chi connectivity index (χ2n) is 3.56. The van der Waals surface area contributed by atoms with Crippen molar-refractivity contribution in [3.05, 3.63) is 48.9 Å². The van der Waals surface area contributed by atoms with Crippen LogP contribution in [0.3, 0.4) is 0 Å². The molecule has 2 nitrogen and oxygen atoms in total. The number of benzene rings is 1. The van der Waals surface area contributed by atoms with Gasteiger partial charge < -0.3 is 4.90 Å². The van der Waals surface area contributed by atoms with Gasteiger partial charge in [-0.2, -0.15) is 0 Å². The highest BCUT2D eigenvalue weighted by Gasteiger charge is 2.12. The van der Waals surface area contributed by atoms with Crippen molar-refractivity contribution in [2.75, 3.05) is 11.9 Å². The zero-order chi connectivity index (χ0) is 12.4. The highest BCUT2D eigenvalue weighted by molar-refractivity contribution is 9.10. The zero-order valence-corrected chi connectivity index (χ0v) is 12.9. The molecule has 2 aromatic rings. The smallest absolute Gasteiger partial charge is 0.263 e. The van der Waals surface area contributed by atoms with Crippen LogP contribution in [-0.4, -0.2) is 7.05 Å². The highest BCUT2D eigenvalue weighted by Crippen LogP contribution is 2.31. The second kappa shape index (κ2) is 5.52. The van der Waals surface area contributed by atoms with Crippen LogP contribution in [0.2, 0.25) is 5.02 Å². The molecule has 2 rings (SSSR count). The minimum Gasteiger partial charge on any atom is -0.360 e. The van der Waals surface area contributed by atoms with Crippen molar-refractivity contribution in [2.24, 2.45) is 0 Å². The van der Waals surface area contributed by atoms with Gasteiger partial charge in [0.25, 0.3) is 4.74 Å². The maximum atomic E-state index is 11.3. The first-order valence-corrected chi connectivity index (χ1v) is 8.14. The molecular formula is C11H9BrClNOS2. The molecule has 90 valence electrons. The molecule has 0 aliphatic carbocycles. The van der Waals surface area contributed by atoms with Gasteiger partial charge in [-0.1, -0.05) is 50.0 Å². The molecule has 1 aromatic carbocycles. The average Bonchev–Trinajstić information content (AvgIpc) is 2.63. The largest absolute Gasteiger partial charge is 0.360 e. The Labute approximate surface area is 120 Å². The predicted molar refractivity (Wildman–Crippen MR) is 79.7 cm³/mol. The number of hydrogen-bond acceptors (Lipinski definition) is 4. The molecule has 0 N–H and O–H groups in total. The lowest BCUT2D eigenvalue weighted by Crippen LogP contribution is -2.16. The van der Waals surface area contributed by atoms with Crippen LogP contribution >= 0.6 is 48.2 Å². The Morgan fingerprint density at radius 3 is 2.47 bits per heavy atom. The summed E-state index contributed by atoms with van der Waals surface area (Å²) in [6.45, 7) is 0.736. The van der Waals surface area contributed by atoms with E-state index < -0.39 is 0 Å². The maximum Gasteiger partial charge on any atom is 0.263 e. The summed E-state index contributed by atoms with van der Waals surface area (Å²) in [6.07, 6.45) is 0. The fourth-order valence-electron chi connectivity index (χ4n) is 1.40. The summed E-state index contributed by atoms with van der Waals surface area (Å²) in [5.41, 5.74) is 1.18. The van der Waals surface area contributed by atoms with E-state index in [1.807, 2.05) is 36.2 Å². The topological polar surface area (TPSA) is 20.3 Å². The van der Waals surface area contributed by atoms with E-state index in [2.05, 4.69) is 15.9 Å². The lowest BCUT2D eigenvalue weighted by atomic mass is 10.2. The summed E-state index contributed by atoms with van der Waals surface area (Å²) in [5.74, 6) is 0. The van der Waals surface area contributed by atoms with E-state index in [0.717, 1.165) is 16.0 Å². The Bertz CT molecular complexity index is 564. The quantitative estimate of drug-likeness (QED) is 0.772. The second-order valence-corrected chi connectivity index (χ2v) is 6.94. The Balaban J connectivity index is 2.17. The first kappa shape index (κ1) is 13.1. The van der Waals surface area contributed by atoms with E-state index in [4.69, 9.17) is 11.6 Å². The van der Waals surface area contributed by atoms with Crippen molar-refractivity contribution in [2.45, 2.75) is 6.54 Å². The first-order chi connectivity index (χ1) is 8.08. The van der Waals surface area contributed by atoms with Gasteiger partial charge in [-0.05, 0) is 28.0 Å². The molecule has 0 aliphatic rings. The molecule has 0 unspecified atom stereocenters. The van der Waals surface area contributed by atoms with Crippen molar-refractivity contribution < 1.29 is 0 Å². The molecule has 6 heteroatoms. The maximum absolute atomic E-state index is 11.3. The minimum absolute atomic E-state index is 0.0608. The van der Waals surface area contributed by atoms with Gasteiger partial charge in [0, 0.05) is 18.1 Å². The molecule has 0 spiro atoms. The monoisotopic (exact) mass is 349 g/mol.